The Morgan fingerprint density at radius 3 is 2.96 bits per heavy atom. The summed E-state index contributed by atoms with van der Waals surface area (Å²) in [5, 5.41) is 12.5. The Balaban J connectivity index is 1.40. The second-order valence-electron chi connectivity index (χ2n) is 6.89. The van der Waals surface area contributed by atoms with E-state index in [4.69, 9.17) is 4.42 Å². The van der Waals surface area contributed by atoms with E-state index in [0.29, 0.717) is 24.0 Å². The Morgan fingerprint density at radius 2 is 2.07 bits per heavy atom. The third kappa shape index (κ3) is 3.07. The Bertz CT molecular complexity index is 1120. The first-order chi connectivity index (χ1) is 13.8. The minimum Gasteiger partial charge on any atom is -0.419 e. The van der Waals surface area contributed by atoms with Gasteiger partial charge in [-0.2, -0.15) is 0 Å². The largest absolute Gasteiger partial charge is 0.419 e. The molecule has 0 spiro atoms. The van der Waals surface area contributed by atoms with Crippen molar-refractivity contribution >= 4 is 28.0 Å². The molecule has 1 fully saturated rings. The maximum atomic E-state index is 12.7. The van der Waals surface area contributed by atoms with E-state index in [1.165, 1.54) is 11.3 Å². The van der Waals surface area contributed by atoms with Gasteiger partial charge in [-0.05, 0) is 35.7 Å². The molecule has 1 aliphatic rings. The predicted molar refractivity (Wildman–Crippen MR) is 107 cm³/mol. The highest BCUT2D eigenvalue weighted by molar-refractivity contribution is 7.12. The zero-order valence-electron chi connectivity index (χ0n) is 15.1. The summed E-state index contributed by atoms with van der Waals surface area (Å²) in [6, 6.07) is 13.7. The van der Waals surface area contributed by atoms with Crippen LogP contribution in [0.2, 0.25) is 0 Å². The molecule has 140 valence electrons. The number of amides is 1. The van der Waals surface area contributed by atoms with E-state index >= 15 is 0 Å². The zero-order valence-corrected chi connectivity index (χ0v) is 15.9. The van der Waals surface area contributed by atoms with E-state index in [2.05, 4.69) is 15.2 Å². The molecule has 28 heavy (non-hydrogen) atoms. The quantitative estimate of drug-likeness (QED) is 0.519. The molecule has 1 aliphatic heterocycles. The average Bonchev–Trinajstić information content (AvgIpc) is 3.45. The Hall–Kier alpha value is -3.06. The standard InChI is InChI=1S/C21H18N4O2S/c26-21(17-8-4-12-28-17)25-11-3-6-15(13-25)19-23-24-20(27-19)18-16-7-2-1-5-14(16)9-10-22-18/h1-2,4-5,7-10,12,15H,3,6,11,13H2/t15-/m0/s1. The number of aromatic nitrogens is 3. The number of carbonyl (C=O) groups is 1. The molecule has 4 aromatic rings. The van der Waals surface area contributed by atoms with Crippen molar-refractivity contribution in [3.8, 4) is 11.6 Å². The molecule has 0 bridgehead atoms. The molecule has 5 rings (SSSR count). The van der Waals surface area contributed by atoms with Crippen molar-refractivity contribution < 1.29 is 9.21 Å². The van der Waals surface area contributed by atoms with Crippen LogP contribution in [0.15, 0.2) is 58.5 Å². The molecule has 1 aromatic carbocycles. The van der Waals surface area contributed by atoms with Crippen molar-refractivity contribution in [2.75, 3.05) is 13.1 Å². The van der Waals surface area contributed by atoms with Gasteiger partial charge in [0.15, 0.2) is 0 Å². The summed E-state index contributed by atoms with van der Waals surface area (Å²) in [4.78, 5) is 19.8. The van der Waals surface area contributed by atoms with Gasteiger partial charge in [0.05, 0.1) is 10.8 Å². The molecule has 0 radical (unpaired) electrons. The van der Waals surface area contributed by atoms with Crippen LogP contribution in [-0.2, 0) is 0 Å². The van der Waals surface area contributed by atoms with Gasteiger partial charge in [0, 0.05) is 24.7 Å². The van der Waals surface area contributed by atoms with Crippen molar-refractivity contribution in [1.29, 1.82) is 0 Å². The summed E-state index contributed by atoms with van der Waals surface area (Å²) in [7, 11) is 0. The number of nitrogens with zero attached hydrogens (tertiary/aromatic N) is 4. The number of hydrogen-bond acceptors (Lipinski definition) is 6. The number of benzene rings is 1. The second kappa shape index (κ2) is 7.16. The van der Waals surface area contributed by atoms with Gasteiger partial charge in [-0.15, -0.1) is 21.5 Å². The fraction of sp³-hybridized carbons (Fsp3) is 0.238. The molecule has 3 aromatic heterocycles. The van der Waals surface area contributed by atoms with Crippen LogP contribution in [0.4, 0.5) is 0 Å². The van der Waals surface area contributed by atoms with Crippen molar-refractivity contribution in [1.82, 2.24) is 20.1 Å². The lowest BCUT2D eigenvalue weighted by atomic mass is 9.98. The van der Waals surface area contributed by atoms with Gasteiger partial charge in [-0.25, -0.2) is 0 Å². The van der Waals surface area contributed by atoms with Crippen LogP contribution >= 0.6 is 11.3 Å². The second-order valence-corrected chi connectivity index (χ2v) is 7.84. The lowest BCUT2D eigenvalue weighted by molar-refractivity contribution is 0.0703. The van der Waals surface area contributed by atoms with E-state index in [-0.39, 0.29) is 11.8 Å². The zero-order chi connectivity index (χ0) is 18.9. The smallest absolute Gasteiger partial charge is 0.266 e. The summed E-state index contributed by atoms with van der Waals surface area (Å²) in [5.74, 6) is 1.13. The third-order valence-electron chi connectivity index (χ3n) is 5.11. The molecule has 1 amide bonds. The highest BCUT2D eigenvalue weighted by atomic mass is 32.1. The lowest BCUT2D eigenvalue weighted by Crippen LogP contribution is -2.38. The Morgan fingerprint density at radius 1 is 1.14 bits per heavy atom. The molecule has 4 heterocycles. The van der Waals surface area contributed by atoms with Crippen LogP contribution in [0.25, 0.3) is 22.4 Å². The number of piperidine rings is 1. The molecule has 6 nitrogen and oxygen atoms in total. The van der Waals surface area contributed by atoms with Gasteiger partial charge in [-0.1, -0.05) is 30.3 Å². The third-order valence-corrected chi connectivity index (χ3v) is 5.96. The maximum absolute atomic E-state index is 12.7. The van der Waals surface area contributed by atoms with E-state index in [1.54, 1.807) is 6.20 Å². The number of thiophene rings is 1. The number of likely N-dealkylation sites (tertiary alicyclic amines) is 1. The van der Waals surface area contributed by atoms with Crippen molar-refractivity contribution in [3.63, 3.8) is 0 Å². The van der Waals surface area contributed by atoms with Crippen LogP contribution in [-0.4, -0.2) is 39.1 Å². The summed E-state index contributed by atoms with van der Waals surface area (Å²) in [5.41, 5.74) is 0.694. The van der Waals surface area contributed by atoms with Crippen LogP contribution in [0, 0.1) is 0 Å². The SMILES string of the molecule is O=C(c1cccs1)N1CCC[C@H](c2nnc(-c3nccc4ccccc34)o2)C1. The number of rotatable bonds is 3. The van der Waals surface area contributed by atoms with Gasteiger partial charge in [-0.3, -0.25) is 9.78 Å². The highest BCUT2D eigenvalue weighted by Crippen LogP contribution is 2.31. The minimum atomic E-state index is 0.0499. The molecule has 0 aliphatic carbocycles. The van der Waals surface area contributed by atoms with Gasteiger partial charge in [0.2, 0.25) is 5.89 Å². The summed E-state index contributed by atoms with van der Waals surface area (Å²) < 4.78 is 6.02. The number of hydrogen-bond donors (Lipinski definition) is 0. The van der Waals surface area contributed by atoms with Crippen LogP contribution in [0.5, 0.6) is 0 Å². The Labute approximate surface area is 165 Å². The molecular formula is C21H18N4O2S. The molecule has 0 unspecified atom stereocenters. The first kappa shape index (κ1) is 17.1. The van der Waals surface area contributed by atoms with Gasteiger partial charge in [0.1, 0.15) is 5.69 Å². The van der Waals surface area contributed by atoms with E-state index < -0.39 is 0 Å². The van der Waals surface area contributed by atoms with E-state index in [0.717, 1.165) is 35.0 Å². The van der Waals surface area contributed by atoms with Crippen molar-refractivity contribution in [2.45, 2.75) is 18.8 Å². The van der Waals surface area contributed by atoms with Crippen LogP contribution < -0.4 is 0 Å². The van der Waals surface area contributed by atoms with Crippen LogP contribution in [0.1, 0.15) is 34.3 Å². The van der Waals surface area contributed by atoms with E-state index in [1.807, 2.05) is 52.7 Å². The van der Waals surface area contributed by atoms with Gasteiger partial charge in [0.25, 0.3) is 11.8 Å². The van der Waals surface area contributed by atoms with Gasteiger partial charge >= 0.3 is 0 Å². The maximum Gasteiger partial charge on any atom is 0.266 e. The average molecular weight is 390 g/mol. The summed E-state index contributed by atoms with van der Waals surface area (Å²) in [6.07, 6.45) is 3.61. The minimum absolute atomic E-state index is 0.0499. The fourth-order valence-corrected chi connectivity index (χ4v) is 4.40. The molecule has 1 atom stereocenters. The number of fused-ring (bicyclic) bond motifs is 1. The topological polar surface area (TPSA) is 72.1 Å². The predicted octanol–water partition coefficient (Wildman–Crippen LogP) is 4.37. The van der Waals surface area contributed by atoms with E-state index in [9.17, 15) is 4.79 Å². The normalized spacial score (nSPS) is 17.1. The molecule has 0 N–H and O–H groups in total. The molecule has 7 heteroatoms. The fourth-order valence-electron chi connectivity index (χ4n) is 3.70. The Kier molecular flexibility index (Phi) is 4.37. The molecular weight excluding hydrogens is 372 g/mol. The van der Waals surface area contributed by atoms with Gasteiger partial charge < -0.3 is 9.32 Å². The number of pyridine rings is 1. The lowest BCUT2D eigenvalue weighted by Gasteiger charge is -2.30. The van der Waals surface area contributed by atoms with Crippen molar-refractivity contribution in [3.05, 3.63) is 64.8 Å². The molecule has 0 saturated carbocycles. The number of carbonyl (C=O) groups excluding carboxylic acids is 1. The van der Waals surface area contributed by atoms with Crippen LogP contribution in [0.3, 0.4) is 0 Å². The first-order valence-electron chi connectivity index (χ1n) is 9.30. The highest BCUT2D eigenvalue weighted by Gasteiger charge is 2.29. The monoisotopic (exact) mass is 390 g/mol. The summed E-state index contributed by atoms with van der Waals surface area (Å²) in [6.45, 7) is 1.36. The first-order valence-corrected chi connectivity index (χ1v) is 10.2. The molecule has 1 saturated heterocycles. The van der Waals surface area contributed by atoms with Crippen molar-refractivity contribution in [2.24, 2.45) is 0 Å². The summed E-state index contributed by atoms with van der Waals surface area (Å²) >= 11 is 1.47.